The monoisotopic (exact) mass is 414 g/mol. The summed E-state index contributed by atoms with van der Waals surface area (Å²) in [6.45, 7) is 3.33. The molecule has 1 aromatic heterocycles. The molecule has 2 saturated heterocycles. The minimum Gasteiger partial charge on any atom is -0.461 e. The Kier molecular flexibility index (Phi) is 7.14. The number of para-hydroxylation sites is 2. The molecule has 0 radical (unpaired) electrons. The van der Waals surface area contributed by atoms with Crippen molar-refractivity contribution in [2.45, 2.75) is 31.9 Å². The highest BCUT2D eigenvalue weighted by molar-refractivity contribution is 5.85. The molecule has 3 heterocycles. The lowest BCUT2D eigenvalue weighted by Gasteiger charge is -2.29. The number of nitrogens with one attached hydrogen (secondary N) is 1. The third kappa shape index (κ3) is 4.24. The van der Waals surface area contributed by atoms with Crippen molar-refractivity contribution in [2.24, 2.45) is 12.5 Å². The average Bonchev–Trinajstić information content (AvgIpc) is 3.06. The van der Waals surface area contributed by atoms with E-state index in [4.69, 9.17) is 9.72 Å². The number of ether oxygens (including phenoxy) is 1. The standard InChI is InChI=1S/C19H26N4O2.2ClH/c1-22(13-17-21-15-5-3-4-6-16(15)23(17)2)12-14-11-19(18(24)25-14)7-9-20-10-8-19;;/h3-6,14,20H,7-13H2,1-2H3;2*1H. The van der Waals surface area contributed by atoms with Gasteiger partial charge in [-0.15, -0.1) is 24.8 Å². The Hall–Kier alpha value is -1.34. The maximum Gasteiger partial charge on any atom is 0.312 e. The molecule has 2 fully saturated rings. The van der Waals surface area contributed by atoms with Gasteiger partial charge in [-0.3, -0.25) is 9.69 Å². The van der Waals surface area contributed by atoms with Gasteiger partial charge in [-0.1, -0.05) is 12.1 Å². The molecular weight excluding hydrogens is 387 g/mol. The van der Waals surface area contributed by atoms with E-state index in [9.17, 15) is 4.79 Å². The van der Waals surface area contributed by atoms with E-state index in [0.29, 0.717) is 0 Å². The van der Waals surface area contributed by atoms with E-state index >= 15 is 0 Å². The number of carbonyl (C=O) groups is 1. The number of rotatable bonds is 4. The van der Waals surface area contributed by atoms with Crippen LogP contribution in [0.25, 0.3) is 11.0 Å². The highest BCUT2D eigenvalue weighted by Gasteiger charge is 2.49. The first-order valence-corrected chi connectivity index (χ1v) is 9.08. The Morgan fingerprint density at radius 3 is 2.70 bits per heavy atom. The lowest BCUT2D eigenvalue weighted by atomic mass is 9.76. The van der Waals surface area contributed by atoms with E-state index in [1.807, 2.05) is 18.2 Å². The van der Waals surface area contributed by atoms with Crippen molar-refractivity contribution in [2.75, 3.05) is 26.7 Å². The molecule has 2 aliphatic heterocycles. The van der Waals surface area contributed by atoms with Crippen molar-refractivity contribution in [3.8, 4) is 0 Å². The van der Waals surface area contributed by atoms with Crippen LogP contribution in [0.15, 0.2) is 24.3 Å². The van der Waals surface area contributed by atoms with Gasteiger partial charge in [0.2, 0.25) is 0 Å². The molecule has 0 bridgehead atoms. The summed E-state index contributed by atoms with van der Waals surface area (Å²) in [6.07, 6.45) is 2.64. The summed E-state index contributed by atoms with van der Waals surface area (Å²) in [5.74, 6) is 1.04. The van der Waals surface area contributed by atoms with Gasteiger partial charge in [0.15, 0.2) is 0 Å². The molecule has 2 aliphatic rings. The Morgan fingerprint density at radius 2 is 2.00 bits per heavy atom. The zero-order valence-corrected chi connectivity index (χ0v) is 17.4. The van der Waals surface area contributed by atoms with Crippen LogP contribution < -0.4 is 5.32 Å². The minimum absolute atomic E-state index is 0. The number of benzene rings is 1. The number of fused-ring (bicyclic) bond motifs is 1. The van der Waals surface area contributed by atoms with Crippen LogP contribution >= 0.6 is 24.8 Å². The predicted octanol–water partition coefficient (Wildman–Crippen LogP) is 2.53. The van der Waals surface area contributed by atoms with Gasteiger partial charge in [0.1, 0.15) is 11.9 Å². The number of cyclic esters (lactones) is 1. The van der Waals surface area contributed by atoms with E-state index < -0.39 is 0 Å². The number of carbonyl (C=O) groups excluding carboxylic acids is 1. The summed E-state index contributed by atoms with van der Waals surface area (Å²) in [5.41, 5.74) is 1.93. The quantitative estimate of drug-likeness (QED) is 0.778. The molecule has 0 amide bonds. The van der Waals surface area contributed by atoms with Gasteiger partial charge in [-0.05, 0) is 45.1 Å². The molecule has 27 heavy (non-hydrogen) atoms. The van der Waals surface area contributed by atoms with Crippen molar-refractivity contribution < 1.29 is 9.53 Å². The third-order valence-corrected chi connectivity index (χ3v) is 5.69. The lowest BCUT2D eigenvalue weighted by molar-refractivity contribution is -0.150. The van der Waals surface area contributed by atoms with E-state index in [1.54, 1.807) is 0 Å². The molecule has 1 spiro atoms. The van der Waals surface area contributed by atoms with Gasteiger partial charge in [0.05, 0.1) is 23.0 Å². The first-order valence-electron chi connectivity index (χ1n) is 9.08. The number of nitrogens with zero attached hydrogens (tertiary/aromatic N) is 3. The fourth-order valence-corrected chi connectivity index (χ4v) is 4.24. The molecule has 0 aliphatic carbocycles. The van der Waals surface area contributed by atoms with Crippen LogP contribution in [-0.4, -0.2) is 53.2 Å². The summed E-state index contributed by atoms with van der Waals surface area (Å²) in [7, 11) is 4.12. The van der Waals surface area contributed by atoms with E-state index in [1.165, 1.54) is 0 Å². The molecule has 1 aromatic carbocycles. The van der Waals surface area contributed by atoms with Crippen molar-refractivity contribution in [3.63, 3.8) is 0 Å². The molecule has 8 heteroatoms. The van der Waals surface area contributed by atoms with Crippen LogP contribution in [0.1, 0.15) is 25.1 Å². The van der Waals surface area contributed by atoms with E-state index in [0.717, 1.165) is 62.3 Å². The number of esters is 1. The molecular formula is C19H28Cl2N4O2. The maximum absolute atomic E-state index is 12.4. The van der Waals surface area contributed by atoms with Crippen molar-refractivity contribution >= 4 is 41.8 Å². The topological polar surface area (TPSA) is 59.4 Å². The van der Waals surface area contributed by atoms with Gasteiger partial charge in [0, 0.05) is 20.0 Å². The number of hydrogen-bond acceptors (Lipinski definition) is 5. The molecule has 1 atom stereocenters. The molecule has 1 unspecified atom stereocenters. The number of piperidine rings is 1. The van der Waals surface area contributed by atoms with Gasteiger partial charge in [0.25, 0.3) is 0 Å². The molecule has 2 aromatic rings. The third-order valence-electron chi connectivity index (χ3n) is 5.69. The lowest BCUT2D eigenvalue weighted by Crippen LogP contribution is -2.39. The van der Waals surface area contributed by atoms with Crippen LogP contribution in [0.5, 0.6) is 0 Å². The number of imidazole rings is 1. The van der Waals surface area contributed by atoms with Crippen LogP contribution in [0.2, 0.25) is 0 Å². The van der Waals surface area contributed by atoms with Gasteiger partial charge in [-0.25, -0.2) is 4.98 Å². The van der Waals surface area contributed by atoms with Crippen molar-refractivity contribution in [3.05, 3.63) is 30.1 Å². The van der Waals surface area contributed by atoms with E-state index in [2.05, 4.69) is 34.9 Å². The Bertz CT molecular complexity index is 789. The Morgan fingerprint density at radius 1 is 1.30 bits per heavy atom. The summed E-state index contributed by atoms with van der Waals surface area (Å²) in [4.78, 5) is 19.3. The largest absolute Gasteiger partial charge is 0.461 e. The smallest absolute Gasteiger partial charge is 0.312 e. The molecule has 150 valence electrons. The summed E-state index contributed by atoms with van der Waals surface area (Å²) >= 11 is 0. The van der Waals surface area contributed by atoms with Crippen LogP contribution in [0, 0.1) is 5.41 Å². The van der Waals surface area contributed by atoms with E-state index in [-0.39, 0.29) is 42.3 Å². The van der Waals surface area contributed by atoms with Gasteiger partial charge >= 0.3 is 5.97 Å². The first kappa shape index (κ1) is 22.0. The molecule has 4 rings (SSSR count). The van der Waals surface area contributed by atoms with Crippen LogP contribution in [-0.2, 0) is 23.1 Å². The number of likely N-dealkylation sites (N-methyl/N-ethyl adjacent to an activating group) is 1. The first-order chi connectivity index (χ1) is 12.1. The highest BCUT2D eigenvalue weighted by Crippen LogP contribution is 2.41. The molecule has 6 nitrogen and oxygen atoms in total. The van der Waals surface area contributed by atoms with Crippen molar-refractivity contribution in [1.82, 2.24) is 19.8 Å². The fraction of sp³-hybridized carbons (Fsp3) is 0.579. The second-order valence-electron chi connectivity index (χ2n) is 7.53. The van der Waals surface area contributed by atoms with Gasteiger partial charge < -0.3 is 14.6 Å². The summed E-state index contributed by atoms with van der Waals surface area (Å²) in [6, 6.07) is 8.18. The number of hydrogen-bond donors (Lipinski definition) is 1. The van der Waals surface area contributed by atoms with Gasteiger partial charge in [-0.2, -0.15) is 0 Å². The fourth-order valence-electron chi connectivity index (χ4n) is 4.24. The predicted molar refractivity (Wildman–Crippen MR) is 111 cm³/mol. The highest BCUT2D eigenvalue weighted by atomic mass is 35.5. The Labute approximate surface area is 172 Å². The number of aryl methyl sites for hydroxylation is 1. The summed E-state index contributed by atoms with van der Waals surface area (Å²) in [5, 5.41) is 3.33. The zero-order valence-electron chi connectivity index (χ0n) is 15.8. The molecule has 1 N–H and O–H groups in total. The maximum atomic E-state index is 12.4. The van der Waals surface area contributed by atoms with Crippen molar-refractivity contribution in [1.29, 1.82) is 0 Å². The minimum atomic E-state index is -0.241. The normalized spacial score (nSPS) is 21.1. The number of aromatic nitrogens is 2. The van der Waals surface area contributed by atoms with Crippen LogP contribution in [0.4, 0.5) is 0 Å². The second-order valence-corrected chi connectivity index (χ2v) is 7.53. The Balaban J connectivity index is 0.00000131. The second kappa shape index (κ2) is 8.78. The SMILES string of the molecule is CN(Cc1nc2ccccc2n1C)CC1CC2(CCNCC2)C(=O)O1.Cl.Cl. The molecule has 0 saturated carbocycles. The summed E-state index contributed by atoms with van der Waals surface area (Å²) < 4.78 is 7.86. The zero-order chi connectivity index (χ0) is 17.4. The number of halogens is 2. The average molecular weight is 415 g/mol. The van der Waals surface area contributed by atoms with Crippen LogP contribution in [0.3, 0.4) is 0 Å².